The fourth-order valence-electron chi connectivity index (χ4n) is 2.63. The maximum absolute atomic E-state index is 13.0. The van der Waals surface area contributed by atoms with Crippen LogP contribution >= 0.6 is 0 Å². The van der Waals surface area contributed by atoms with Crippen molar-refractivity contribution >= 4 is 11.8 Å². The Hall–Kier alpha value is -3.05. The number of halogens is 3. The number of rotatable bonds is 3. The zero-order valence-corrected chi connectivity index (χ0v) is 13.4. The third-order valence-electron chi connectivity index (χ3n) is 3.97. The molecule has 1 fully saturated rings. The Balaban J connectivity index is 1.63. The van der Waals surface area contributed by atoms with Gasteiger partial charge in [-0.3, -0.25) is 14.6 Å². The summed E-state index contributed by atoms with van der Waals surface area (Å²) in [6.07, 6.45) is -1.57. The van der Waals surface area contributed by atoms with E-state index in [4.69, 9.17) is 0 Å². The lowest BCUT2D eigenvalue weighted by Gasteiger charge is -2.35. The summed E-state index contributed by atoms with van der Waals surface area (Å²) >= 11 is 0. The van der Waals surface area contributed by atoms with Gasteiger partial charge < -0.3 is 9.80 Å². The second-order valence-corrected chi connectivity index (χ2v) is 5.60. The van der Waals surface area contributed by atoms with Crippen molar-refractivity contribution in [1.29, 1.82) is 0 Å². The summed E-state index contributed by atoms with van der Waals surface area (Å²) < 4.78 is 40.4. The summed E-state index contributed by atoms with van der Waals surface area (Å²) in [5.74, 6) is -0.961. The molecule has 0 unspecified atom stereocenters. The van der Waals surface area contributed by atoms with E-state index in [9.17, 15) is 22.8 Å². The van der Waals surface area contributed by atoms with E-state index >= 15 is 0 Å². The Bertz CT molecular complexity index is 786. The molecule has 0 radical (unpaired) electrons. The molecule has 0 spiro atoms. The quantitative estimate of drug-likeness (QED) is 0.760. The van der Waals surface area contributed by atoms with Crippen LogP contribution in [0.4, 0.5) is 13.2 Å². The summed E-state index contributed by atoms with van der Waals surface area (Å²) in [5, 5.41) is 10.5. The summed E-state index contributed by atoms with van der Waals surface area (Å²) in [5.41, 5.74) is -1.51. The lowest BCUT2D eigenvalue weighted by Crippen LogP contribution is -2.51. The van der Waals surface area contributed by atoms with Crippen molar-refractivity contribution in [2.24, 2.45) is 0 Å². The van der Waals surface area contributed by atoms with Crippen molar-refractivity contribution in [3.8, 4) is 0 Å². The minimum Gasteiger partial charge on any atom is -0.338 e. The summed E-state index contributed by atoms with van der Waals surface area (Å²) in [4.78, 5) is 30.9. The van der Waals surface area contributed by atoms with Crippen molar-refractivity contribution in [2.75, 3.05) is 26.2 Å². The van der Waals surface area contributed by atoms with Gasteiger partial charge >= 0.3 is 6.18 Å². The van der Waals surface area contributed by atoms with Crippen LogP contribution in [0.5, 0.6) is 0 Å². The minimum atomic E-state index is -4.66. The largest absolute Gasteiger partial charge is 0.418 e. The molecule has 1 aliphatic heterocycles. The second kappa shape index (κ2) is 7.06. The molecule has 3 rings (SSSR count). The highest BCUT2D eigenvalue weighted by atomic mass is 19.4. The molecule has 0 atom stereocenters. The average molecular weight is 369 g/mol. The Morgan fingerprint density at radius 2 is 1.81 bits per heavy atom. The van der Waals surface area contributed by atoms with Gasteiger partial charge in [-0.15, -0.1) is 5.10 Å². The number of amides is 2. The van der Waals surface area contributed by atoms with Crippen molar-refractivity contribution in [1.82, 2.24) is 35.0 Å². The highest BCUT2D eigenvalue weighted by Crippen LogP contribution is 2.31. The first-order valence-electron chi connectivity index (χ1n) is 7.65. The standard InChI is InChI=1S/C14H14F3N7O2/c15-14(16,17)11-7-18-2-1-10(11)13(26)23-5-3-22(4-6-23)12(25)8-24-9-19-20-21-24/h1-2,7,9H,3-6,8H2. The SMILES string of the molecule is O=C(Cn1cnnn1)N1CCN(C(=O)c2ccncc2C(F)(F)F)CC1. The molecular weight excluding hydrogens is 355 g/mol. The molecule has 138 valence electrons. The predicted octanol–water partition coefficient (Wildman–Crippen LogP) is 0.0715. The van der Waals surface area contributed by atoms with Crippen molar-refractivity contribution in [3.05, 3.63) is 35.9 Å². The number of pyridine rings is 1. The molecule has 0 bridgehead atoms. The third kappa shape index (κ3) is 3.78. The Morgan fingerprint density at radius 1 is 1.12 bits per heavy atom. The van der Waals surface area contributed by atoms with Gasteiger partial charge in [0.2, 0.25) is 5.91 Å². The van der Waals surface area contributed by atoms with E-state index in [2.05, 4.69) is 20.5 Å². The second-order valence-electron chi connectivity index (χ2n) is 5.60. The minimum absolute atomic E-state index is 0.0382. The first-order chi connectivity index (χ1) is 12.4. The monoisotopic (exact) mass is 369 g/mol. The van der Waals surface area contributed by atoms with Gasteiger partial charge in [0.25, 0.3) is 5.91 Å². The number of carbonyl (C=O) groups excluding carboxylic acids is 2. The first kappa shape index (κ1) is 17.8. The predicted molar refractivity (Wildman–Crippen MR) is 79.5 cm³/mol. The van der Waals surface area contributed by atoms with E-state index < -0.39 is 23.2 Å². The van der Waals surface area contributed by atoms with Gasteiger partial charge in [0, 0.05) is 38.6 Å². The number of hydrogen-bond donors (Lipinski definition) is 0. The van der Waals surface area contributed by atoms with Gasteiger partial charge in [-0.25, -0.2) is 4.68 Å². The average Bonchev–Trinajstić information content (AvgIpc) is 3.13. The lowest BCUT2D eigenvalue weighted by atomic mass is 10.1. The summed E-state index contributed by atoms with van der Waals surface area (Å²) in [6.45, 7) is 0.682. The molecule has 0 aromatic carbocycles. The van der Waals surface area contributed by atoms with Crippen molar-refractivity contribution in [3.63, 3.8) is 0 Å². The Labute approximate surface area is 145 Å². The van der Waals surface area contributed by atoms with Crippen molar-refractivity contribution in [2.45, 2.75) is 12.7 Å². The van der Waals surface area contributed by atoms with Gasteiger partial charge in [0.05, 0.1) is 11.1 Å². The van der Waals surface area contributed by atoms with Gasteiger partial charge in [-0.05, 0) is 16.5 Å². The first-order valence-corrected chi connectivity index (χ1v) is 7.65. The highest BCUT2D eigenvalue weighted by molar-refractivity contribution is 5.96. The summed E-state index contributed by atoms with van der Waals surface area (Å²) in [7, 11) is 0. The number of aromatic nitrogens is 5. The van der Waals surface area contributed by atoms with Crippen LogP contribution in [-0.2, 0) is 17.5 Å². The van der Waals surface area contributed by atoms with Crippen LogP contribution in [0.25, 0.3) is 0 Å². The maximum Gasteiger partial charge on any atom is 0.418 e. The molecule has 0 N–H and O–H groups in total. The molecule has 2 aromatic heterocycles. The van der Waals surface area contributed by atoms with E-state index in [-0.39, 0.29) is 38.6 Å². The van der Waals surface area contributed by atoms with Gasteiger partial charge in [-0.2, -0.15) is 13.2 Å². The topological polar surface area (TPSA) is 97.1 Å². The molecule has 1 saturated heterocycles. The molecule has 9 nitrogen and oxygen atoms in total. The van der Waals surface area contributed by atoms with Crippen molar-refractivity contribution < 1.29 is 22.8 Å². The number of piperazine rings is 1. The molecule has 26 heavy (non-hydrogen) atoms. The molecule has 0 saturated carbocycles. The van der Waals surface area contributed by atoms with Crippen LogP contribution in [-0.4, -0.2) is 73.0 Å². The third-order valence-corrected chi connectivity index (χ3v) is 3.97. The number of hydrogen-bond acceptors (Lipinski definition) is 6. The zero-order valence-electron chi connectivity index (χ0n) is 13.4. The van der Waals surface area contributed by atoms with E-state index in [1.165, 1.54) is 20.8 Å². The molecule has 12 heteroatoms. The van der Waals surface area contributed by atoms with Gasteiger partial charge in [0.1, 0.15) is 12.9 Å². The molecule has 2 aromatic rings. The molecule has 3 heterocycles. The van der Waals surface area contributed by atoms with Crippen LogP contribution in [0.15, 0.2) is 24.8 Å². The molecule has 2 amide bonds. The van der Waals surface area contributed by atoms with Gasteiger partial charge in [0.15, 0.2) is 0 Å². The van der Waals surface area contributed by atoms with E-state index in [0.717, 1.165) is 12.3 Å². The van der Waals surface area contributed by atoms with Crippen LogP contribution < -0.4 is 0 Å². The molecule has 1 aliphatic rings. The fraction of sp³-hybridized carbons (Fsp3) is 0.429. The number of carbonyl (C=O) groups is 2. The highest BCUT2D eigenvalue weighted by Gasteiger charge is 2.37. The fourth-order valence-corrected chi connectivity index (χ4v) is 2.63. The molecular formula is C14H14F3N7O2. The summed E-state index contributed by atoms with van der Waals surface area (Å²) in [6, 6.07) is 1.06. The zero-order chi connectivity index (χ0) is 18.7. The maximum atomic E-state index is 13.0. The number of alkyl halides is 3. The Kier molecular flexibility index (Phi) is 4.82. The van der Waals surface area contributed by atoms with E-state index in [1.807, 2.05) is 0 Å². The van der Waals surface area contributed by atoms with E-state index in [0.29, 0.717) is 6.20 Å². The molecule has 0 aliphatic carbocycles. The van der Waals surface area contributed by atoms with Gasteiger partial charge in [-0.1, -0.05) is 0 Å². The normalized spacial score (nSPS) is 15.2. The number of nitrogens with zero attached hydrogens (tertiary/aromatic N) is 7. The lowest BCUT2D eigenvalue weighted by molar-refractivity contribution is -0.138. The number of tetrazole rings is 1. The Morgan fingerprint density at radius 3 is 2.42 bits per heavy atom. The smallest absolute Gasteiger partial charge is 0.338 e. The van der Waals surface area contributed by atoms with Crippen LogP contribution in [0, 0.1) is 0 Å². The van der Waals surface area contributed by atoms with Crippen LogP contribution in [0.1, 0.15) is 15.9 Å². The van der Waals surface area contributed by atoms with E-state index in [1.54, 1.807) is 0 Å². The van der Waals surface area contributed by atoms with Crippen LogP contribution in [0.2, 0.25) is 0 Å². The van der Waals surface area contributed by atoms with Crippen LogP contribution in [0.3, 0.4) is 0 Å².